The fourth-order valence-corrected chi connectivity index (χ4v) is 3.87. The molecule has 0 amide bonds. The average molecular weight is 416 g/mol. The van der Waals surface area contributed by atoms with Crippen LogP contribution < -0.4 is 14.2 Å². The number of sulfonamides is 1. The molecular weight excluding hydrogens is 390 g/mol. The van der Waals surface area contributed by atoms with Crippen molar-refractivity contribution in [3.63, 3.8) is 0 Å². The van der Waals surface area contributed by atoms with Crippen LogP contribution >= 0.6 is 0 Å². The number of benzene rings is 2. The maximum atomic E-state index is 12.6. The third-order valence-electron chi connectivity index (χ3n) is 4.19. The Balaban J connectivity index is 1.64. The minimum absolute atomic E-state index is 0.143. The summed E-state index contributed by atoms with van der Waals surface area (Å²) in [7, 11) is -3.66. The van der Waals surface area contributed by atoms with Crippen molar-refractivity contribution < 1.29 is 17.9 Å². The van der Waals surface area contributed by atoms with E-state index in [1.165, 1.54) is 12.1 Å². The number of nitrogens with zero attached hydrogens (tertiary/aromatic N) is 2. The van der Waals surface area contributed by atoms with E-state index in [2.05, 4.69) is 9.82 Å². The molecule has 29 heavy (non-hydrogen) atoms. The summed E-state index contributed by atoms with van der Waals surface area (Å²) in [6.07, 6.45) is 4.17. The topological polar surface area (TPSA) is 82.5 Å². The fraction of sp³-hybridized carbons (Fsp3) is 0.286. The Kier molecular flexibility index (Phi) is 6.90. The van der Waals surface area contributed by atoms with Gasteiger partial charge >= 0.3 is 0 Å². The molecule has 0 atom stereocenters. The van der Waals surface area contributed by atoms with Gasteiger partial charge in [0, 0.05) is 18.8 Å². The molecule has 0 radical (unpaired) electrons. The Morgan fingerprint density at radius 3 is 2.45 bits per heavy atom. The lowest BCUT2D eigenvalue weighted by Crippen LogP contribution is -2.26. The lowest BCUT2D eigenvalue weighted by molar-refractivity contribution is 0.287. The molecule has 0 saturated carbocycles. The molecule has 1 heterocycles. The van der Waals surface area contributed by atoms with Crippen LogP contribution in [0.15, 0.2) is 65.8 Å². The third kappa shape index (κ3) is 5.36. The highest BCUT2D eigenvalue weighted by molar-refractivity contribution is 7.89. The van der Waals surface area contributed by atoms with Gasteiger partial charge in [-0.15, -0.1) is 0 Å². The van der Waals surface area contributed by atoms with Gasteiger partial charge < -0.3 is 9.47 Å². The normalized spacial score (nSPS) is 11.4. The van der Waals surface area contributed by atoms with Gasteiger partial charge in [0.15, 0.2) is 11.5 Å². The van der Waals surface area contributed by atoms with Gasteiger partial charge in [0.2, 0.25) is 10.0 Å². The van der Waals surface area contributed by atoms with Crippen molar-refractivity contribution in [2.75, 3.05) is 19.8 Å². The van der Waals surface area contributed by atoms with E-state index in [1.807, 2.05) is 50.4 Å². The summed E-state index contributed by atoms with van der Waals surface area (Å²) in [6, 6.07) is 14.4. The highest BCUT2D eigenvalue weighted by Crippen LogP contribution is 2.30. The number of ether oxygens (including phenoxy) is 2. The summed E-state index contributed by atoms with van der Waals surface area (Å²) in [5, 5.41) is 4.33. The molecule has 0 aliphatic rings. The molecule has 0 aliphatic heterocycles. The van der Waals surface area contributed by atoms with E-state index < -0.39 is 10.0 Å². The van der Waals surface area contributed by atoms with Crippen molar-refractivity contribution in [1.82, 2.24) is 14.5 Å². The molecule has 0 bridgehead atoms. The van der Waals surface area contributed by atoms with Crippen molar-refractivity contribution in [3.8, 4) is 17.2 Å². The monoisotopic (exact) mass is 415 g/mol. The first kappa shape index (κ1) is 20.9. The number of nitrogens with one attached hydrogen (secondary N) is 1. The Hall–Kier alpha value is -2.84. The molecule has 0 spiro atoms. The van der Waals surface area contributed by atoms with Crippen LogP contribution in [0.1, 0.15) is 19.4 Å². The van der Waals surface area contributed by atoms with Crippen LogP contribution in [0.5, 0.6) is 11.5 Å². The highest BCUT2D eigenvalue weighted by Gasteiger charge is 2.17. The summed E-state index contributed by atoms with van der Waals surface area (Å²) < 4.78 is 40.7. The van der Waals surface area contributed by atoms with E-state index >= 15 is 0 Å². The van der Waals surface area contributed by atoms with Crippen LogP contribution in [-0.2, 0) is 16.4 Å². The maximum Gasteiger partial charge on any atom is 0.240 e. The largest absolute Gasteiger partial charge is 0.490 e. The van der Waals surface area contributed by atoms with Crippen LogP contribution in [0, 0.1) is 0 Å². The lowest BCUT2D eigenvalue weighted by Gasteiger charge is -2.13. The Labute approximate surface area is 171 Å². The van der Waals surface area contributed by atoms with E-state index in [0.717, 1.165) is 11.3 Å². The quantitative estimate of drug-likeness (QED) is 0.550. The number of para-hydroxylation sites is 1. The number of hydrogen-bond acceptors (Lipinski definition) is 5. The van der Waals surface area contributed by atoms with Gasteiger partial charge in [0.25, 0.3) is 0 Å². The SMILES string of the molecule is CCOc1ccc(S(=O)(=O)NCCc2cnn(-c3ccccc3)c2)cc1OCC. The van der Waals surface area contributed by atoms with Crippen LogP contribution in [0.25, 0.3) is 5.69 Å². The third-order valence-corrected chi connectivity index (χ3v) is 5.65. The van der Waals surface area contributed by atoms with E-state index in [9.17, 15) is 8.42 Å². The van der Waals surface area contributed by atoms with Gasteiger partial charge in [0.05, 0.1) is 30.0 Å². The van der Waals surface area contributed by atoms with Gasteiger partial charge in [-0.1, -0.05) is 18.2 Å². The van der Waals surface area contributed by atoms with Crippen LogP contribution in [-0.4, -0.2) is 38.0 Å². The predicted molar refractivity (Wildman–Crippen MR) is 111 cm³/mol. The Morgan fingerprint density at radius 2 is 1.72 bits per heavy atom. The van der Waals surface area contributed by atoms with Crippen molar-refractivity contribution in [1.29, 1.82) is 0 Å². The summed E-state index contributed by atoms with van der Waals surface area (Å²) >= 11 is 0. The molecule has 3 aromatic rings. The molecule has 7 nitrogen and oxygen atoms in total. The Bertz CT molecular complexity index is 1030. The summed E-state index contributed by atoms with van der Waals surface area (Å²) in [4.78, 5) is 0.143. The molecule has 2 aromatic carbocycles. The first-order valence-corrected chi connectivity index (χ1v) is 11.0. The highest BCUT2D eigenvalue weighted by atomic mass is 32.2. The predicted octanol–water partition coefficient (Wildman–Crippen LogP) is 3.19. The maximum absolute atomic E-state index is 12.6. The summed E-state index contributed by atoms with van der Waals surface area (Å²) in [6.45, 7) is 4.86. The zero-order chi connectivity index (χ0) is 20.7. The molecule has 8 heteroatoms. The molecule has 0 fully saturated rings. The molecular formula is C21H25N3O4S. The zero-order valence-corrected chi connectivity index (χ0v) is 17.4. The molecule has 0 unspecified atom stereocenters. The number of aromatic nitrogens is 2. The van der Waals surface area contributed by atoms with Crippen molar-refractivity contribution in [3.05, 3.63) is 66.5 Å². The van der Waals surface area contributed by atoms with E-state index in [0.29, 0.717) is 31.1 Å². The first-order chi connectivity index (χ1) is 14.0. The summed E-state index contributed by atoms with van der Waals surface area (Å²) in [5.74, 6) is 0.947. The van der Waals surface area contributed by atoms with Crippen molar-refractivity contribution >= 4 is 10.0 Å². The standard InChI is InChI=1S/C21H25N3O4S/c1-3-27-20-11-10-19(14-21(20)28-4-2)29(25,26)23-13-12-17-15-22-24(16-17)18-8-6-5-7-9-18/h5-11,14-16,23H,3-4,12-13H2,1-2H3. The van der Waals surface area contributed by atoms with Gasteiger partial charge in [-0.3, -0.25) is 0 Å². The van der Waals surface area contributed by atoms with E-state index in [4.69, 9.17) is 9.47 Å². The van der Waals surface area contributed by atoms with Crippen LogP contribution in [0.4, 0.5) is 0 Å². The Morgan fingerprint density at radius 1 is 1.00 bits per heavy atom. The van der Waals surface area contributed by atoms with E-state index in [1.54, 1.807) is 16.9 Å². The lowest BCUT2D eigenvalue weighted by atomic mass is 10.2. The molecule has 3 rings (SSSR count). The van der Waals surface area contributed by atoms with Crippen LogP contribution in [0.3, 0.4) is 0 Å². The molecule has 1 aromatic heterocycles. The van der Waals surface area contributed by atoms with Gasteiger partial charge in [-0.25, -0.2) is 17.8 Å². The summed E-state index contributed by atoms with van der Waals surface area (Å²) in [5.41, 5.74) is 1.90. The van der Waals surface area contributed by atoms with Crippen molar-refractivity contribution in [2.45, 2.75) is 25.2 Å². The minimum Gasteiger partial charge on any atom is -0.490 e. The molecule has 0 aliphatic carbocycles. The second-order valence-electron chi connectivity index (χ2n) is 6.25. The average Bonchev–Trinajstić information content (AvgIpc) is 3.19. The van der Waals surface area contributed by atoms with Gasteiger partial charge in [-0.2, -0.15) is 5.10 Å². The van der Waals surface area contributed by atoms with Crippen molar-refractivity contribution in [2.24, 2.45) is 0 Å². The van der Waals surface area contributed by atoms with Crippen LogP contribution in [0.2, 0.25) is 0 Å². The van der Waals surface area contributed by atoms with Gasteiger partial charge in [0.1, 0.15) is 0 Å². The molecule has 154 valence electrons. The molecule has 0 saturated heterocycles. The fourth-order valence-electron chi connectivity index (χ4n) is 2.82. The zero-order valence-electron chi connectivity index (χ0n) is 16.5. The van der Waals surface area contributed by atoms with E-state index in [-0.39, 0.29) is 11.4 Å². The first-order valence-electron chi connectivity index (χ1n) is 9.51. The minimum atomic E-state index is -3.66. The van der Waals surface area contributed by atoms with Gasteiger partial charge in [-0.05, 0) is 50.1 Å². The number of hydrogen-bond donors (Lipinski definition) is 1. The smallest absolute Gasteiger partial charge is 0.240 e. The second-order valence-corrected chi connectivity index (χ2v) is 8.02. The second kappa shape index (κ2) is 9.58. The molecule has 1 N–H and O–H groups in total. The number of rotatable bonds is 10.